The van der Waals surface area contributed by atoms with Crippen molar-refractivity contribution in [1.82, 2.24) is 14.9 Å². The zero-order valence-corrected chi connectivity index (χ0v) is 20.6. The normalized spacial score (nSPS) is 18.9. The molecule has 0 aliphatic carbocycles. The van der Waals surface area contributed by atoms with Gasteiger partial charge in [0.15, 0.2) is 0 Å². The van der Waals surface area contributed by atoms with Gasteiger partial charge < -0.3 is 25.9 Å². The van der Waals surface area contributed by atoms with E-state index in [1.54, 1.807) is 18.5 Å². The quantitative estimate of drug-likeness (QED) is 0.404. The van der Waals surface area contributed by atoms with Crippen molar-refractivity contribution >= 4 is 51.0 Å². The number of ether oxygens (including phenoxy) is 1. The second kappa shape index (κ2) is 10.6. The first-order chi connectivity index (χ1) is 16.7. The number of aromatic amines is 1. The lowest BCUT2D eigenvalue weighted by Gasteiger charge is -2.43. The van der Waals surface area contributed by atoms with Crippen molar-refractivity contribution in [3.05, 3.63) is 35.6 Å². The van der Waals surface area contributed by atoms with E-state index in [-0.39, 0.29) is 17.6 Å². The van der Waals surface area contributed by atoms with Crippen LogP contribution in [0.25, 0.3) is 21.8 Å². The maximum atomic E-state index is 13.2. The van der Waals surface area contributed by atoms with Crippen LogP contribution >= 0.6 is 11.6 Å². The van der Waals surface area contributed by atoms with Crippen LogP contribution in [0.1, 0.15) is 20.8 Å². The van der Waals surface area contributed by atoms with Crippen LogP contribution in [0.15, 0.2) is 30.6 Å². The lowest BCUT2D eigenvalue weighted by Crippen LogP contribution is -2.60. The number of alkyl halides is 3. The third kappa shape index (κ3) is 6.64. The van der Waals surface area contributed by atoms with Gasteiger partial charge in [0.25, 0.3) is 0 Å². The molecule has 0 bridgehead atoms. The van der Waals surface area contributed by atoms with Gasteiger partial charge in [-0.25, -0.2) is 4.79 Å². The van der Waals surface area contributed by atoms with E-state index in [1.807, 2.05) is 32.9 Å². The Morgan fingerprint density at radius 1 is 1.39 bits per heavy atom. The zero-order valence-electron chi connectivity index (χ0n) is 19.8. The molecule has 4 rings (SSSR count). The number of nitrogens with two attached hydrogens (primary N) is 1. The molecule has 3 aromatic rings. The first kappa shape index (κ1) is 27.7. The predicted octanol–water partition coefficient (Wildman–Crippen LogP) is 3.77. The SMILES string of the molecule is C[C@H](N)CN1CC(C)(C)OC[C@H]1C(=O)Nc1cc(Cl)cc2c1[nH]c1cnccc12.O=C(O)C(F)(F)F. The van der Waals surface area contributed by atoms with Gasteiger partial charge in [-0.1, -0.05) is 11.6 Å². The van der Waals surface area contributed by atoms with Gasteiger partial charge in [0.2, 0.25) is 5.91 Å². The van der Waals surface area contributed by atoms with Crippen LogP contribution in [0, 0.1) is 0 Å². The minimum absolute atomic E-state index is 0.0433. The van der Waals surface area contributed by atoms with Crippen LogP contribution in [0.2, 0.25) is 5.02 Å². The summed E-state index contributed by atoms with van der Waals surface area (Å²) in [6.07, 6.45) is -1.59. The van der Waals surface area contributed by atoms with Gasteiger partial charge in [0.05, 0.1) is 35.1 Å². The number of pyridine rings is 1. The number of morpholine rings is 1. The number of amides is 1. The zero-order chi connectivity index (χ0) is 26.8. The smallest absolute Gasteiger partial charge is 0.475 e. The van der Waals surface area contributed by atoms with Crippen molar-refractivity contribution in [2.24, 2.45) is 5.73 Å². The van der Waals surface area contributed by atoms with Crippen molar-refractivity contribution in [2.75, 3.05) is 25.0 Å². The molecule has 2 aromatic heterocycles. The Morgan fingerprint density at radius 2 is 2.06 bits per heavy atom. The Bertz CT molecular complexity index is 1260. The van der Waals surface area contributed by atoms with Gasteiger partial charge in [0, 0.05) is 41.1 Å². The number of hydrogen-bond acceptors (Lipinski definition) is 6. The van der Waals surface area contributed by atoms with Crippen LogP contribution in [-0.2, 0) is 14.3 Å². The number of hydrogen-bond donors (Lipinski definition) is 4. The highest BCUT2D eigenvalue weighted by molar-refractivity contribution is 6.33. The van der Waals surface area contributed by atoms with Crippen molar-refractivity contribution in [1.29, 1.82) is 0 Å². The average molecular weight is 530 g/mol. The summed E-state index contributed by atoms with van der Waals surface area (Å²) in [6, 6.07) is 5.11. The molecule has 5 N–H and O–H groups in total. The van der Waals surface area contributed by atoms with E-state index in [9.17, 15) is 18.0 Å². The van der Waals surface area contributed by atoms with Gasteiger partial charge in [-0.05, 0) is 39.0 Å². The number of aliphatic carboxylic acids is 1. The molecular weight excluding hydrogens is 503 g/mol. The van der Waals surface area contributed by atoms with Crippen LogP contribution < -0.4 is 11.1 Å². The molecule has 1 fully saturated rings. The fourth-order valence-corrected chi connectivity index (χ4v) is 4.21. The molecule has 1 aliphatic rings. The minimum Gasteiger partial charge on any atom is -0.475 e. The molecule has 13 heteroatoms. The Balaban J connectivity index is 0.000000454. The third-order valence-corrected chi connectivity index (χ3v) is 5.67. The second-order valence-electron chi connectivity index (χ2n) is 9.21. The van der Waals surface area contributed by atoms with E-state index >= 15 is 0 Å². The van der Waals surface area contributed by atoms with Crippen LogP contribution in [0.4, 0.5) is 18.9 Å². The fraction of sp³-hybridized carbons (Fsp3) is 0.435. The van der Waals surface area contributed by atoms with E-state index in [4.69, 9.17) is 32.0 Å². The first-order valence-corrected chi connectivity index (χ1v) is 11.4. The summed E-state index contributed by atoms with van der Waals surface area (Å²) >= 11 is 6.35. The fourth-order valence-electron chi connectivity index (χ4n) is 3.99. The number of benzene rings is 1. The molecule has 196 valence electrons. The van der Waals surface area contributed by atoms with Gasteiger partial charge in [-0.15, -0.1) is 0 Å². The minimum atomic E-state index is -5.08. The Kier molecular flexibility index (Phi) is 8.13. The van der Waals surface area contributed by atoms with E-state index in [0.717, 1.165) is 21.8 Å². The number of carboxylic acids is 1. The monoisotopic (exact) mass is 529 g/mol. The van der Waals surface area contributed by atoms with Gasteiger partial charge in [0.1, 0.15) is 6.04 Å². The Hall–Kier alpha value is -2.93. The van der Waals surface area contributed by atoms with Gasteiger partial charge in [-0.3, -0.25) is 14.7 Å². The molecule has 0 unspecified atom stereocenters. The summed E-state index contributed by atoms with van der Waals surface area (Å²) in [5.74, 6) is -2.89. The number of carbonyl (C=O) groups is 2. The Labute approximate surface area is 209 Å². The number of carboxylic acid groups (broad SMARTS) is 1. The average Bonchev–Trinajstić information content (AvgIpc) is 3.11. The van der Waals surface area contributed by atoms with Gasteiger partial charge >= 0.3 is 12.1 Å². The van der Waals surface area contributed by atoms with E-state index in [2.05, 4.69) is 20.2 Å². The molecule has 0 saturated carbocycles. The summed E-state index contributed by atoms with van der Waals surface area (Å²) in [5, 5.41) is 12.7. The number of fused-ring (bicyclic) bond motifs is 3. The summed E-state index contributed by atoms with van der Waals surface area (Å²) in [4.78, 5) is 31.7. The number of nitrogens with one attached hydrogen (secondary N) is 2. The summed E-state index contributed by atoms with van der Waals surface area (Å²) in [7, 11) is 0. The molecule has 3 heterocycles. The predicted molar refractivity (Wildman–Crippen MR) is 130 cm³/mol. The number of nitrogens with zero attached hydrogens (tertiary/aromatic N) is 2. The maximum Gasteiger partial charge on any atom is 0.490 e. The molecule has 1 amide bonds. The molecule has 1 saturated heterocycles. The lowest BCUT2D eigenvalue weighted by atomic mass is 10.0. The lowest BCUT2D eigenvalue weighted by molar-refractivity contribution is -0.192. The maximum absolute atomic E-state index is 13.2. The molecule has 0 radical (unpaired) electrons. The van der Waals surface area contributed by atoms with Crippen molar-refractivity contribution in [3.63, 3.8) is 0 Å². The summed E-state index contributed by atoms with van der Waals surface area (Å²) in [6.45, 7) is 7.55. The number of carbonyl (C=O) groups excluding carboxylic acids is 1. The highest BCUT2D eigenvalue weighted by Crippen LogP contribution is 2.33. The number of H-pyrrole nitrogens is 1. The molecule has 36 heavy (non-hydrogen) atoms. The molecule has 2 atom stereocenters. The Morgan fingerprint density at radius 3 is 2.67 bits per heavy atom. The molecular formula is C23H27ClF3N5O4. The number of aromatic nitrogens is 2. The van der Waals surface area contributed by atoms with Crippen LogP contribution in [0.3, 0.4) is 0 Å². The number of halogens is 4. The topological polar surface area (TPSA) is 134 Å². The van der Waals surface area contributed by atoms with Crippen molar-refractivity contribution < 1.29 is 32.6 Å². The third-order valence-electron chi connectivity index (χ3n) is 5.46. The van der Waals surface area contributed by atoms with E-state index in [1.165, 1.54) is 0 Å². The second-order valence-corrected chi connectivity index (χ2v) is 9.64. The van der Waals surface area contributed by atoms with Crippen LogP contribution in [0.5, 0.6) is 0 Å². The van der Waals surface area contributed by atoms with Crippen LogP contribution in [-0.4, -0.2) is 75.4 Å². The largest absolute Gasteiger partial charge is 0.490 e. The number of rotatable bonds is 4. The molecule has 1 aromatic carbocycles. The molecule has 1 aliphatic heterocycles. The van der Waals surface area contributed by atoms with E-state index in [0.29, 0.717) is 30.4 Å². The highest BCUT2D eigenvalue weighted by atomic mass is 35.5. The standard InChI is InChI=1S/C21H26ClN5O2.C2HF3O2/c1-12(23)9-27-11-21(2,3)29-10-18(27)20(28)26-16-7-13(22)6-15-14-4-5-24-8-17(14)25-19(15)16;3-2(4,5)1(6)7/h4-8,12,18,25H,9-11,23H2,1-3H3,(H,26,28);(H,6,7)/t12-,18-;/m0./s1. The highest BCUT2D eigenvalue weighted by Gasteiger charge is 2.39. The van der Waals surface area contributed by atoms with E-state index < -0.39 is 18.2 Å². The van der Waals surface area contributed by atoms with Gasteiger partial charge in [-0.2, -0.15) is 13.2 Å². The first-order valence-electron chi connectivity index (χ1n) is 11.0. The van der Waals surface area contributed by atoms with Crippen molar-refractivity contribution in [3.8, 4) is 0 Å². The molecule has 0 spiro atoms. The summed E-state index contributed by atoms with van der Waals surface area (Å²) < 4.78 is 37.7. The number of anilines is 1. The summed E-state index contributed by atoms with van der Waals surface area (Å²) in [5.41, 5.74) is 8.05. The molecule has 9 nitrogen and oxygen atoms in total. The van der Waals surface area contributed by atoms with Crippen molar-refractivity contribution in [2.45, 2.75) is 44.6 Å².